The smallest absolute Gasteiger partial charge is 0.193 e. The predicted octanol–water partition coefficient (Wildman–Crippen LogP) is 3.13. The third kappa shape index (κ3) is 4.00. The lowest BCUT2D eigenvalue weighted by Crippen LogP contribution is -2.22. The molecule has 0 aliphatic rings. The van der Waals surface area contributed by atoms with Gasteiger partial charge in [-0.05, 0) is 31.0 Å². The maximum atomic E-state index is 6.11. The van der Waals surface area contributed by atoms with Gasteiger partial charge in [0, 0.05) is 24.0 Å². The normalized spacial score (nSPS) is 11.6. The van der Waals surface area contributed by atoms with E-state index in [4.69, 9.17) is 22.1 Å². The molecule has 0 saturated heterocycles. The van der Waals surface area contributed by atoms with Crippen LogP contribution in [0.15, 0.2) is 23.2 Å². The van der Waals surface area contributed by atoms with E-state index >= 15 is 0 Å². The van der Waals surface area contributed by atoms with Gasteiger partial charge < -0.3 is 15.8 Å². The molecule has 130 valence electrons. The summed E-state index contributed by atoms with van der Waals surface area (Å²) in [4.78, 5) is 4.45. The molecule has 2 aromatic rings. The van der Waals surface area contributed by atoms with Gasteiger partial charge in [-0.15, -0.1) is 0 Å². The summed E-state index contributed by atoms with van der Waals surface area (Å²) in [5, 5.41) is 8.11. The van der Waals surface area contributed by atoms with Crippen LogP contribution in [0.3, 0.4) is 0 Å². The standard InChI is InChI=1S/C17H24ClN5O/c1-5-14-12(15(6-2)23(3)22-14)10-20-17(19)21-11-7-8-16(24-4)13(18)9-11/h7-9H,5-6,10H2,1-4H3,(H3,19,20,21). The highest BCUT2D eigenvalue weighted by molar-refractivity contribution is 6.32. The Morgan fingerprint density at radius 3 is 2.71 bits per heavy atom. The number of aryl methyl sites for hydroxylation is 2. The van der Waals surface area contributed by atoms with Crippen LogP contribution in [-0.4, -0.2) is 22.8 Å². The molecule has 24 heavy (non-hydrogen) atoms. The lowest BCUT2D eigenvalue weighted by atomic mass is 10.1. The highest BCUT2D eigenvalue weighted by atomic mass is 35.5. The fourth-order valence-corrected chi connectivity index (χ4v) is 2.93. The minimum Gasteiger partial charge on any atom is -0.495 e. The molecule has 1 aromatic heterocycles. The molecule has 2 rings (SSSR count). The van der Waals surface area contributed by atoms with E-state index in [0.717, 1.165) is 29.8 Å². The van der Waals surface area contributed by atoms with Crippen LogP contribution >= 0.6 is 11.6 Å². The Kier molecular flexibility index (Phi) is 6.09. The van der Waals surface area contributed by atoms with E-state index in [1.54, 1.807) is 19.2 Å². The predicted molar refractivity (Wildman–Crippen MR) is 98.9 cm³/mol. The summed E-state index contributed by atoms with van der Waals surface area (Å²) in [6, 6.07) is 5.37. The fraction of sp³-hybridized carbons (Fsp3) is 0.412. The zero-order valence-electron chi connectivity index (χ0n) is 14.6. The van der Waals surface area contributed by atoms with E-state index in [0.29, 0.717) is 23.3 Å². The highest BCUT2D eigenvalue weighted by Gasteiger charge is 2.13. The van der Waals surface area contributed by atoms with Crippen LogP contribution < -0.4 is 15.8 Å². The Bertz CT molecular complexity index is 739. The van der Waals surface area contributed by atoms with Crippen LogP contribution in [0.2, 0.25) is 5.02 Å². The van der Waals surface area contributed by atoms with E-state index in [9.17, 15) is 0 Å². The van der Waals surface area contributed by atoms with Crippen molar-refractivity contribution in [1.29, 1.82) is 0 Å². The molecular weight excluding hydrogens is 326 g/mol. The second-order valence-electron chi connectivity index (χ2n) is 5.38. The molecular formula is C17H24ClN5O. The molecule has 0 atom stereocenters. The maximum Gasteiger partial charge on any atom is 0.193 e. The monoisotopic (exact) mass is 349 g/mol. The quantitative estimate of drug-likeness (QED) is 0.620. The number of hydrogen-bond donors (Lipinski definition) is 2. The van der Waals surface area contributed by atoms with Crippen LogP contribution in [0.25, 0.3) is 0 Å². The van der Waals surface area contributed by atoms with E-state index in [-0.39, 0.29) is 0 Å². The molecule has 6 nitrogen and oxygen atoms in total. The first kappa shape index (κ1) is 18.1. The number of hydrogen-bond acceptors (Lipinski definition) is 3. The van der Waals surface area contributed by atoms with Gasteiger partial charge in [0.2, 0.25) is 0 Å². The van der Waals surface area contributed by atoms with E-state index in [1.807, 2.05) is 17.8 Å². The molecule has 0 bridgehead atoms. The first-order valence-corrected chi connectivity index (χ1v) is 8.32. The molecule has 0 aliphatic carbocycles. The summed E-state index contributed by atoms with van der Waals surface area (Å²) in [6.07, 6.45) is 1.79. The van der Waals surface area contributed by atoms with Crippen molar-refractivity contribution in [1.82, 2.24) is 9.78 Å². The Labute approximate surface area is 147 Å². The number of methoxy groups -OCH3 is 1. The van der Waals surface area contributed by atoms with Crippen molar-refractivity contribution < 1.29 is 4.74 Å². The number of ether oxygens (including phenoxy) is 1. The number of nitrogens with one attached hydrogen (secondary N) is 1. The number of anilines is 1. The van der Waals surface area contributed by atoms with Gasteiger partial charge in [-0.25, -0.2) is 4.99 Å². The molecule has 3 N–H and O–H groups in total. The van der Waals surface area contributed by atoms with Crippen LogP contribution in [0.4, 0.5) is 5.69 Å². The molecule has 7 heteroatoms. The van der Waals surface area contributed by atoms with Crippen molar-refractivity contribution in [3.05, 3.63) is 40.2 Å². The summed E-state index contributed by atoms with van der Waals surface area (Å²) in [5.41, 5.74) is 10.2. The van der Waals surface area contributed by atoms with Gasteiger partial charge >= 0.3 is 0 Å². The topological polar surface area (TPSA) is 77.5 Å². The van der Waals surface area contributed by atoms with E-state index in [2.05, 4.69) is 29.3 Å². The molecule has 0 amide bonds. The van der Waals surface area contributed by atoms with Crippen molar-refractivity contribution in [2.45, 2.75) is 33.2 Å². The third-order valence-electron chi connectivity index (χ3n) is 3.86. The van der Waals surface area contributed by atoms with Gasteiger partial charge in [-0.2, -0.15) is 5.10 Å². The molecule has 1 heterocycles. The van der Waals surface area contributed by atoms with E-state index < -0.39 is 0 Å². The number of benzene rings is 1. The maximum absolute atomic E-state index is 6.11. The first-order chi connectivity index (χ1) is 11.5. The molecule has 0 radical (unpaired) electrons. The molecule has 0 aliphatic heterocycles. The zero-order chi connectivity index (χ0) is 17.7. The van der Waals surface area contributed by atoms with Crippen LogP contribution in [0.1, 0.15) is 30.8 Å². The summed E-state index contributed by atoms with van der Waals surface area (Å²) < 4.78 is 7.06. The van der Waals surface area contributed by atoms with Gasteiger partial charge in [-0.1, -0.05) is 25.4 Å². The summed E-state index contributed by atoms with van der Waals surface area (Å²) in [6.45, 7) is 4.71. The molecule has 0 fully saturated rings. The highest BCUT2D eigenvalue weighted by Crippen LogP contribution is 2.27. The summed E-state index contributed by atoms with van der Waals surface area (Å²) >= 11 is 6.11. The van der Waals surface area contributed by atoms with Crippen LogP contribution in [0.5, 0.6) is 5.75 Å². The number of aromatic nitrogens is 2. The summed E-state index contributed by atoms with van der Waals surface area (Å²) in [5.74, 6) is 0.956. The van der Waals surface area contributed by atoms with Gasteiger partial charge in [0.25, 0.3) is 0 Å². The van der Waals surface area contributed by atoms with Crippen molar-refractivity contribution in [2.75, 3.05) is 12.4 Å². The number of nitrogens with zero attached hydrogens (tertiary/aromatic N) is 3. The van der Waals surface area contributed by atoms with Gasteiger partial charge in [0.05, 0.1) is 24.4 Å². The van der Waals surface area contributed by atoms with Crippen LogP contribution in [-0.2, 0) is 26.4 Å². The van der Waals surface area contributed by atoms with Gasteiger partial charge in [-0.3, -0.25) is 4.68 Å². The SMILES string of the molecule is CCc1nn(C)c(CC)c1CN=C(N)Nc1ccc(OC)c(Cl)c1. The van der Waals surface area contributed by atoms with Crippen molar-refractivity contribution in [3.8, 4) is 5.75 Å². The minimum absolute atomic E-state index is 0.337. The molecule has 0 spiro atoms. The van der Waals surface area contributed by atoms with E-state index in [1.165, 1.54) is 5.69 Å². The van der Waals surface area contributed by atoms with Gasteiger partial charge in [0.1, 0.15) is 5.75 Å². The largest absolute Gasteiger partial charge is 0.495 e. The first-order valence-electron chi connectivity index (χ1n) is 7.94. The summed E-state index contributed by atoms with van der Waals surface area (Å²) in [7, 11) is 3.54. The number of aliphatic imine (C=N–C) groups is 1. The third-order valence-corrected chi connectivity index (χ3v) is 4.15. The Morgan fingerprint density at radius 2 is 2.12 bits per heavy atom. The van der Waals surface area contributed by atoms with Crippen LogP contribution in [0, 0.1) is 0 Å². The second-order valence-corrected chi connectivity index (χ2v) is 5.79. The van der Waals surface area contributed by atoms with Crippen molar-refractivity contribution in [2.24, 2.45) is 17.8 Å². The van der Waals surface area contributed by atoms with Crippen molar-refractivity contribution in [3.63, 3.8) is 0 Å². The number of guanidine groups is 1. The fourth-order valence-electron chi connectivity index (χ4n) is 2.67. The Balaban J connectivity index is 2.13. The second kappa shape index (κ2) is 8.06. The molecule has 1 aromatic carbocycles. The number of rotatable bonds is 6. The minimum atomic E-state index is 0.337. The molecule has 0 saturated carbocycles. The number of halogens is 1. The van der Waals surface area contributed by atoms with Gasteiger partial charge in [0.15, 0.2) is 5.96 Å². The average Bonchev–Trinajstić information content (AvgIpc) is 2.88. The lowest BCUT2D eigenvalue weighted by Gasteiger charge is -2.09. The average molecular weight is 350 g/mol. The molecule has 0 unspecified atom stereocenters. The zero-order valence-corrected chi connectivity index (χ0v) is 15.3. The Morgan fingerprint density at radius 1 is 1.38 bits per heavy atom. The Hall–Kier alpha value is -2.21. The van der Waals surface area contributed by atoms with Crippen molar-refractivity contribution >= 4 is 23.2 Å². The number of nitrogens with two attached hydrogens (primary N) is 1. The lowest BCUT2D eigenvalue weighted by molar-refractivity contribution is 0.415.